The maximum absolute atomic E-state index is 10.3. The van der Waals surface area contributed by atoms with E-state index in [1.807, 2.05) is 12.1 Å². The highest BCUT2D eigenvalue weighted by Crippen LogP contribution is 2.41. The van der Waals surface area contributed by atoms with Crippen molar-refractivity contribution in [3.05, 3.63) is 27.7 Å². The van der Waals surface area contributed by atoms with Crippen LogP contribution in [0.25, 0.3) is 0 Å². The van der Waals surface area contributed by atoms with E-state index in [0.717, 1.165) is 47.7 Å². The number of phenolic OH excluding ortho intramolecular Hbond substituents is 1. The summed E-state index contributed by atoms with van der Waals surface area (Å²) in [5, 5.41) is 10.3. The van der Waals surface area contributed by atoms with Gasteiger partial charge in [0.25, 0.3) is 0 Å². The van der Waals surface area contributed by atoms with Gasteiger partial charge >= 0.3 is 0 Å². The van der Waals surface area contributed by atoms with Gasteiger partial charge in [-0.1, -0.05) is 42.1 Å². The van der Waals surface area contributed by atoms with Crippen LogP contribution >= 0.6 is 15.9 Å². The number of hydrogen-bond donors (Lipinski definition) is 2. The highest BCUT2D eigenvalue weighted by Gasteiger charge is 2.32. The predicted octanol–water partition coefficient (Wildman–Crippen LogP) is 3.84. The smallest absolute Gasteiger partial charge is 0.123 e. The van der Waals surface area contributed by atoms with Gasteiger partial charge < -0.3 is 10.8 Å². The first kappa shape index (κ1) is 12.9. The Balaban J connectivity index is 2.46. The molecule has 0 saturated heterocycles. The normalized spacial score (nSPS) is 19.2. The van der Waals surface area contributed by atoms with Crippen molar-refractivity contribution in [3.8, 4) is 5.75 Å². The van der Waals surface area contributed by atoms with Gasteiger partial charge in [0.15, 0.2) is 0 Å². The molecular weight excluding hydrogens is 278 g/mol. The van der Waals surface area contributed by atoms with Crippen LogP contribution in [0.4, 0.5) is 0 Å². The van der Waals surface area contributed by atoms with Crippen LogP contribution in [0.1, 0.15) is 50.2 Å². The SMILES string of the molecule is CCc1cc(Br)cc(C2(N)CCCCC2)c1O. The molecule has 0 bridgehead atoms. The molecule has 0 heterocycles. The van der Waals surface area contributed by atoms with E-state index in [1.165, 1.54) is 6.42 Å². The van der Waals surface area contributed by atoms with Gasteiger partial charge in [-0.25, -0.2) is 0 Å². The summed E-state index contributed by atoms with van der Waals surface area (Å²) in [6, 6.07) is 3.96. The summed E-state index contributed by atoms with van der Waals surface area (Å²) in [4.78, 5) is 0. The first-order chi connectivity index (χ1) is 8.07. The second kappa shape index (κ2) is 4.99. The lowest BCUT2D eigenvalue weighted by molar-refractivity contribution is 0.291. The van der Waals surface area contributed by atoms with Gasteiger partial charge in [-0.05, 0) is 37.0 Å². The zero-order chi connectivity index (χ0) is 12.5. The van der Waals surface area contributed by atoms with Crippen molar-refractivity contribution < 1.29 is 5.11 Å². The third-order valence-corrected chi connectivity index (χ3v) is 4.27. The first-order valence-corrected chi connectivity index (χ1v) is 7.17. The Bertz CT molecular complexity index is 411. The maximum atomic E-state index is 10.3. The second-order valence-electron chi connectivity index (χ2n) is 5.03. The number of phenols is 1. The summed E-state index contributed by atoms with van der Waals surface area (Å²) < 4.78 is 1.01. The van der Waals surface area contributed by atoms with E-state index in [1.54, 1.807) is 0 Å². The summed E-state index contributed by atoms with van der Waals surface area (Å²) in [6.45, 7) is 2.05. The zero-order valence-electron chi connectivity index (χ0n) is 10.3. The molecule has 2 rings (SSSR count). The molecule has 1 aromatic carbocycles. The average Bonchev–Trinajstić information content (AvgIpc) is 2.32. The van der Waals surface area contributed by atoms with Crippen LogP contribution in [0.15, 0.2) is 16.6 Å². The van der Waals surface area contributed by atoms with Crippen LogP contribution in [-0.4, -0.2) is 5.11 Å². The summed E-state index contributed by atoms with van der Waals surface area (Å²) >= 11 is 3.51. The Hall–Kier alpha value is -0.540. The lowest BCUT2D eigenvalue weighted by atomic mass is 9.76. The monoisotopic (exact) mass is 297 g/mol. The topological polar surface area (TPSA) is 46.2 Å². The van der Waals surface area contributed by atoms with Crippen molar-refractivity contribution in [2.45, 2.75) is 51.0 Å². The van der Waals surface area contributed by atoms with Crippen molar-refractivity contribution in [2.24, 2.45) is 5.73 Å². The Morgan fingerprint density at radius 3 is 2.53 bits per heavy atom. The minimum absolute atomic E-state index is 0.337. The highest BCUT2D eigenvalue weighted by atomic mass is 79.9. The molecule has 0 spiro atoms. The summed E-state index contributed by atoms with van der Waals surface area (Å²) in [6.07, 6.45) is 6.34. The van der Waals surface area contributed by atoms with Crippen LogP contribution in [-0.2, 0) is 12.0 Å². The Morgan fingerprint density at radius 2 is 1.94 bits per heavy atom. The van der Waals surface area contributed by atoms with Gasteiger partial charge in [-0.15, -0.1) is 0 Å². The molecule has 0 radical (unpaired) electrons. The molecule has 1 aliphatic carbocycles. The van der Waals surface area contributed by atoms with E-state index in [-0.39, 0.29) is 5.54 Å². The van der Waals surface area contributed by atoms with Crippen molar-refractivity contribution in [2.75, 3.05) is 0 Å². The molecule has 0 aromatic heterocycles. The molecule has 0 atom stereocenters. The van der Waals surface area contributed by atoms with Crippen LogP contribution < -0.4 is 5.73 Å². The van der Waals surface area contributed by atoms with Crippen LogP contribution in [0, 0.1) is 0 Å². The Kier molecular flexibility index (Phi) is 3.79. The molecular formula is C14H20BrNO. The molecule has 0 unspecified atom stereocenters. The van der Waals surface area contributed by atoms with Gasteiger partial charge in [0.05, 0.1) is 0 Å². The van der Waals surface area contributed by atoms with Gasteiger partial charge in [0.1, 0.15) is 5.75 Å². The first-order valence-electron chi connectivity index (χ1n) is 6.37. The molecule has 2 nitrogen and oxygen atoms in total. The molecule has 1 fully saturated rings. The van der Waals surface area contributed by atoms with Crippen LogP contribution in [0.3, 0.4) is 0 Å². The van der Waals surface area contributed by atoms with Gasteiger partial charge in [-0.3, -0.25) is 0 Å². The lowest BCUT2D eigenvalue weighted by Gasteiger charge is -2.35. The summed E-state index contributed by atoms with van der Waals surface area (Å²) in [7, 11) is 0. The van der Waals surface area contributed by atoms with E-state index in [0.29, 0.717) is 5.75 Å². The Labute approximate surface area is 111 Å². The maximum Gasteiger partial charge on any atom is 0.123 e. The van der Waals surface area contributed by atoms with Crippen molar-refractivity contribution in [1.82, 2.24) is 0 Å². The fourth-order valence-electron chi connectivity index (χ4n) is 2.76. The Morgan fingerprint density at radius 1 is 1.29 bits per heavy atom. The zero-order valence-corrected chi connectivity index (χ0v) is 11.9. The molecule has 3 N–H and O–H groups in total. The molecule has 3 heteroatoms. The number of aromatic hydroxyl groups is 1. The molecule has 1 saturated carbocycles. The fraction of sp³-hybridized carbons (Fsp3) is 0.571. The average molecular weight is 298 g/mol. The quantitative estimate of drug-likeness (QED) is 0.871. The standard InChI is InChI=1S/C14H20BrNO/c1-2-10-8-11(15)9-12(13(10)17)14(16)6-4-3-5-7-14/h8-9,17H,2-7,16H2,1H3. The fourth-order valence-corrected chi connectivity index (χ4v) is 3.26. The molecule has 1 aliphatic rings. The minimum Gasteiger partial charge on any atom is -0.507 e. The van der Waals surface area contributed by atoms with E-state index in [4.69, 9.17) is 5.73 Å². The lowest BCUT2D eigenvalue weighted by Crippen LogP contribution is -2.38. The predicted molar refractivity (Wildman–Crippen MR) is 74.1 cm³/mol. The second-order valence-corrected chi connectivity index (χ2v) is 5.95. The van der Waals surface area contributed by atoms with Crippen molar-refractivity contribution >= 4 is 15.9 Å². The number of hydrogen-bond acceptors (Lipinski definition) is 2. The van der Waals surface area contributed by atoms with Gasteiger partial charge in [0, 0.05) is 15.6 Å². The molecule has 1 aromatic rings. The summed E-state index contributed by atoms with van der Waals surface area (Å²) in [5.74, 6) is 0.403. The number of halogens is 1. The third kappa shape index (κ3) is 2.50. The third-order valence-electron chi connectivity index (χ3n) is 3.82. The van der Waals surface area contributed by atoms with Gasteiger partial charge in [-0.2, -0.15) is 0 Å². The number of aryl methyl sites for hydroxylation is 1. The molecule has 0 aliphatic heterocycles. The molecule has 94 valence electrons. The van der Waals surface area contributed by atoms with Crippen LogP contribution in [0.5, 0.6) is 5.75 Å². The van der Waals surface area contributed by atoms with Gasteiger partial charge in [0.2, 0.25) is 0 Å². The van der Waals surface area contributed by atoms with E-state index >= 15 is 0 Å². The minimum atomic E-state index is -0.337. The van der Waals surface area contributed by atoms with E-state index < -0.39 is 0 Å². The largest absolute Gasteiger partial charge is 0.507 e. The molecule has 0 amide bonds. The number of nitrogens with two attached hydrogens (primary N) is 1. The van der Waals surface area contributed by atoms with Crippen molar-refractivity contribution in [3.63, 3.8) is 0 Å². The summed E-state index contributed by atoms with van der Waals surface area (Å²) in [5.41, 5.74) is 8.05. The van der Waals surface area contributed by atoms with Crippen molar-refractivity contribution in [1.29, 1.82) is 0 Å². The van der Waals surface area contributed by atoms with E-state index in [2.05, 4.69) is 22.9 Å². The number of rotatable bonds is 2. The molecule has 17 heavy (non-hydrogen) atoms. The van der Waals surface area contributed by atoms with Crippen LogP contribution in [0.2, 0.25) is 0 Å². The number of benzene rings is 1. The highest BCUT2D eigenvalue weighted by molar-refractivity contribution is 9.10. The van der Waals surface area contributed by atoms with E-state index in [9.17, 15) is 5.11 Å².